The molecule has 0 saturated heterocycles. The van der Waals surface area contributed by atoms with E-state index in [1.54, 1.807) is 0 Å². The molecule has 0 aromatic carbocycles. The van der Waals surface area contributed by atoms with E-state index in [4.69, 9.17) is 11.6 Å². The van der Waals surface area contributed by atoms with Crippen molar-refractivity contribution >= 4 is 16.8 Å². The normalized spacial score (nSPS) is 44.9. The summed E-state index contributed by atoms with van der Waals surface area (Å²) >= 11 is 5.43. The van der Waals surface area contributed by atoms with Crippen LogP contribution in [0.3, 0.4) is 0 Å². The number of halogens is 1. The molecule has 0 aromatic rings. The Labute approximate surface area is 103 Å². The van der Waals surface area contributed by atoms with Crippen LogP contribution in [0.5, 0.6) is 0 Å². The number of hydrogen-bond acceptors (Lipinski definition) is 1. The quantitative estimate of drug-likeness (QED) is 0.675. The second-order valence-electron chi connectivity index (χ2n) is 6.63. The molecule has 0 heterocycles. The Balaban J connectivity index is 1.62. The fourth-order valence-corrected chi connectivity index (χ4v) is 5.33. The van der Waals surface area contributed by atoms with E-state index in [2.05, 4.69) is 0 Å². The van der Waals surface area contributed by atoms with Crippen LogP contribution < -0.4 is 0 Å². The Hall–Kier alpha value is -0.0400. The highest BCUT2D eigenvalue weighted by Crippen LogP contribution is 2.61. The summed E-state index contributed by atoms with van der Waals surface area (Å²) in [6.07, 6.45) is 11.8. The minimum atomic E-state index is -0.148. The highest BCUT2D eigenvalue weighted by Gasteiger charge is 2.50. The highest BCUT2D eigenvalue weighted by atomic mass is 35.5. The Bertz CT molecular complexity index is 262. The van der Waals surface area contributed by atoms with Crippen molar-refractivity contribution in [3.05, 3.63) is 0 Å². The molecule has 0 radical (unpaired) electrons. The molecule has 0 aliphatic heterocycles. The number of carbonyl (C=O) groups excluding carboxylic acids is 1. The number of rotatable bonds is 4. The van der Waals surface area contributed by atoms with Gasteiger partial charge in [-0.05, 0) is 86.1 Å². The van der Waals surface area contributed by atoms with Crippen molar-refractivity contribution in [3.63, 3.8) is 0 Å². The first-order chi connectivity index (χ1) is 7.65. The molecule has 2 heteroatoms. The number of carbonyl (C=O) groups is 1. The monoisotopic (exact) mass is 240 g/mol. The Morgan fingerprint density at radius 3 is 2.00 bits per heavy atom. The van der Waals surface area contributed by atoms with Crippen LogP contribution in [0.25, 0.3) is 0 Å². The number of hydrogen-bond donors (Lipinski definition) is 0. The second-order valence-corrected chi connectivity index (χ2v) is 7.05. The zero-order valence-electron chi connectivity index (χ0n) is 9.88. The van der Waals surface area contributed by atoms with Gasteiger partial charge in [-0.3, -0.25) is 4.79 Å². The molecule has 0 N–H and O–H groups in total. The SMILES string of the molecule is O=C(Cl)CCCC12CC3CC(CC(C3)C1)C2. The lowest BCUT2D eigenvalue weighted by Crippen LogP contribution is -2.45. The molecule has 4 bridgehead atoms. The maximum atomic E-state index is 10.8. The van der Waals surface area contributed by atoms with Gasteiger partial charge in [-0.25, -0.2) is 0 Å². The standard InChI is InChI=1S/C14H21ClO/c15-13(16)2-1-3-14-7-10-4-11(8-14)6-12(5-10)9-14/h10-12H,1-9H2. The van der Waals surface area contributed by atoms with E-state index >= 15 is 0 Å². The zero-order chi connectivity index (χ0) is 11.2. The van der Waals surface area contributed by atoms with Crippen molar-refractivity contribution in [1.82, 2.24) is 0 Å². The van der Waals surface area contributed by atoms with E-state index in [-0.39, 0.29) is 5.24 Å². The largest absolute Gasteiger partial charge is 0.281 e. The summed E-state index contributed by atoms with van der Waals surface area (Å²) < 4.78 is 0. The molecule has 4 aliphatic carbocycles. The molecule has 0 spiro atoms. The summed E-state index contributed by atoms with van der Waals surface area (Å²) in [5.74, 6) is 3.08. The Morgan fingerprint density at radius 1 is 1.06 bits per heavy atom. The van der Waals surface area contributed by atoms with Crippen molar-refractivity contribution in [2.75, 3.05) is 0 Å². The van der Waals surface area contributed by atoms with Gasteiger partial charge < -0.3 is 0 Å². The molecule has 4 saturated carbocycles. The first-order valence-electron chi connectivity index (χ1n) is 6.84. The van der Waals surface area contributed by atoms with Crippen LogP contribution in [0.4, 0.5) is 0 Å². The lowest BCUT2D eigenvalue weighted by molar-refractivity contribution is -0.112. The van der Waals surface area contributed by atoms with E-state index in [1.165, 1.54) is 44.9 Å². The van der Waals surface area contributed by atoms with Crippen molar-refractivity contribution in [2.24, 2.45) is 23.2 Å². The molecular weight excluding hydrogens is 220 g/mol. The third kappa shape index (κ3) is 2.03. The van der Waals surface area contributed by atoms with Crippen LogP contribution in [0, 0.1) is 23.2 Å². The second kappa shape index (κ2) is 4.01. The average Bonchev–Trinajstić information content (AvgIpc) is 2.13. The molecule has 0 atom stereocenters. The predicted molar refractivity (Wildman–Crippen MR) is 65.3 cm³/mol. The highest BCUT2D eigenvalue weighted by molar-refractivity contribution is 6.63. The van der Waals surface area contributed by atoms with Crippen molar-refractivity contribution in [3.8, 4) is 0 Å². The van der Waals surface area contributed by atoms with Crippen molar-refractivity contribution in [1.29, 1.82) is 0 Å². The van der Waals surface area contributed by atoms with Crippen LogP contribution in [-0.2, 0) is 4.79 Å². The van der Waals surface area contributed by atoms with E-state index in [9.17, 15) is 4.79 Å². The lowest BCUT2D eigenvalue weighted by atomic mass is 9.48. The zero-order valence-corrected chi connectivity index (χ0v) is 10.6. The van der Waals surface area contributed by atoms with Gasteiger partial charge in [0.05, 0.1) is 0 Å². The molecule has 90 valence electrons. The molecule has 0 amide bonds. The van der Waals surface area contributed by atoms with Gasteiger partial charge in [-0.2, -0.15) is 0 Å². The van der Waals surface area contributed by atoms with Crippen molar-refractivity contribution in [2.45, 2.75) is 57.8 Å². The molecule has 4 fully saturated rings. The minimum Gasteiger partial charge on any atom is -0.281 e. The summed E-state index contributed by atoms with van der Waals surface area (Å²) in [5.41, 5.74) is 0.626. The van der Waals surface area contributed by atoms with Crippen molar-refractivity contribution < 1.29 is 4.79 Å². The summed E-state index contributed by atoms with van der Waals surface area (Å²) in [7, 11) is 0. The molecule has 4 rings (SSSR count). The van der Waals surface area contributed by atoms with Gasteiger partial charge in [0.1, 0.15) is 0 Å². The Kier molecular flexibility index (Phi) is 2.78. The summed E-state index contributed by atoms with van der Waals surface area (Å²) in [6.45, 7) is 0. The minimum absolute atomic E-state index is 0.148. The smallest absolute Gasteiger partial charge is 0.221 e. The summed E-state index contributed by atoms with van der Waals surface area (Å²) in [4.78, 5) is 10.8. The van der Waals surface area contributed by atoms with Crippen LogP contribution >= 0.6 is 11.6 Å². The summed E-state index contributed by atoms with van der Waals surface area (Å²) in [5, 5.41) is -0.148. The molecule has 1 nitrogen and oxygen atoms in total. The first kappa shape index (κ1) is 11.1. The third-order valence-corrected chi connectivity index (χ3v) is 5.43. The van der Waals surface area contributed by atoms with Gasteiger partial charge in [0.15, 0.2) is 0 Å². The predicted octanol–water partition coefficient (Wildman–Crippen LogP) is 4.14. The van der Waals surface area contributed by atoms with Gasteiger partial charge in [-0.15, -0.1) is 0 Å². The van der Waals surface area contributed by atoms with E-state index in [0.29, 0.717) is 11.8 Å². The van der Waals surface area contributed by atoms with Gasteiger partial charge >= 0.3 is 0 Å². The molecule has 0 aromatic heterocycles. The lowest BCUT2D eigenvalue weighted by Gasteiger charge is -2.57. The third-order valence-electron chi connectivity index (χ3n) is 5.25. The molecule has 0 unspecified atom stereocenters. The van der Waals surface area contributed by atoms with Crippen LogP contribution in [-0.4, -0.2) is 5.24 Å². The topological polar surface area (TPSA) is 17.1 Å². The van der Waals surface area contributed by atoms with E-state index in [1.807, 2.05) is 0 Å². The van der Waals surface area contributed by atoms with E-state index < -0.39 is 0 Å². The summed E-state index contributed by atoms with van der Waals surface area (Å²) in [6, 6.07) is 0. The van der Waals surface area contributed by atoms with Gasteiger partial charge in [0, 0.05) is 6.42 Å². The van der Waals surface area contributed by atoms with Crippen LogP contribution in [0.15, 0.2) is 0 Å². The van der Waals surface area contributed by atoms with Crippen LogP contribution in [0.1, 0.15) is 57.8 Å². The first-order valence-corrected chi connectivity index (χ1v) is 7.21. The molecular formula is C14H21ClO. The fraction of sp³-hybridized carbons (Fsp3) is 0.929. The maximum Gasteiger partial charge on any atom is 0.221 e. The molecule has 16 heavy (non-hydrogen) atoms. The van der Waals surface area contributed by atoms with Gasteiger partial charge in [0.25, 0.3) is 0 Å². The molecule has 4 aliphatic rings. The van der Waals surface area contributed by atoms with Crippen LogP contribution in [0.2, 0.25) is 0 Å². The fourth-order valence-electron chi connectivity index (χ4n) is 5.20. The maximum absolute atomic E-state index is 10.8. The Morgan fingerprint density at radius 2 is 1.56 bits per heavy atom. The van der Waals surface area contributed by atoms with Gasteiger partial charge in [0.2, 0.25) is 5.24 Å². The average molecular weight is 241 g/mol. The van der Waals surface area contributed by atoms with Gasteiger partial charge in [-0.1, -0.05) is 0 Å². The van der Waals surface area contributed by atoms with E-state index in [0.717, 1.165) is 24.2 Å².